The molecule has 0 aliphatic heterocycles. The van der Waals surface area contributed by atoms with E-state index < -0.39 is 11.5 Å². The van der Waals surface area contributed by atoms with Crippen molar-refractivity contribution < 1.29 is 13.6 Å². The van der Waals surface area contributed by atoms with Gasteiger partial charge < -0.3 is 0 Å². The van der Waals surface area contributed by atoms with Gasteiger partial charge in [0.05, 0.1) is 5.54 Å². The smallest absolute Gasteiger partial charge is 0.211 e. The normalized spacial score (nSPS) is 18.4. The highest BCUT2D eigenvalue weighted by Gasteiger charge is 2.36. The third-order valence-corrected chi connectivity index (χ3v) is 3.60. The Hall–Kier alpha value is -1.54. The number of rotatable bonds is 3. The molecule has 1 aromatic carbocycles. The molecule has 1 fully saturated rings. The van der Waals surface area contributed by atoms with E-state index in [-0.39, 0.29) is 5.56 Å². The zero-order valence-electron chi connectivity index (χ0n) is 10.2. The Balaban J connectivity index is 2.46. The van der Waals surface area contributed by atoms with Crippen LogP contribution in [0.3, 0.4) is 0 Å². The van der Waals surface area contributed by atoms with Gasteiger partial charge in [-0.15, -0.1) is 0 Å². The number of isocyanates is 1. The van der Waals surface area contributed by atoms with Crippen LogP contribution >= 0.6 is 0 Å². The van der Waals surface area contributed by atoms with Crippen LogP contribution in [-0.4, -0.2) is 6.08 Å². The third-order valence-electron chi connectivity index (χ3n) is 3.60. The summed E-state index contributed by atoms with van der Waals surface area (Å²) in [6.45, 7) is 0.871. The summed E-state index contributed by atoms with van der Waals surface area (Å²) in [4.78, 5) is 14.5. The lowest BCUT2D eigenvalue weighted by Gasteiger charge is -2.24. The lowest BCUT2D eigenvalue weighted by Crippen LogP contribution is -2.20. The van der Waals surface area contributed by atoms with E-state index in [2.05, 4.69) is 4.99 Å². The van der Waals surface area contributed by atoms with Crippen molar-refractivity contribution in [3.05, 3.63) is 35.4 Å². The van der Waals surface area contributed by atoms with E-state index in [0.29, 0.717) is 5.56 Å². The molecule has 0 bridgehead atoms. The molecule has 0 heterocycles. The maximum Gasteiger partial charge on any atom is 0.270 e. The van der Waals surface area contributed by atoms with Crippen molar-refractivity contribution >= 4 is 6.08 Å². The fourth-order valence-corrected chi connectivity index (χ4v) is 2.59. The Kier molecular flexibility index (Phi) is 3.31. The number of alkyl halides is 2. The second-order valence-corrected chi connectivity index (χ2v) is 4.91. The molecular formula is C14H15F2NO. The molecule has 0 amide bonds. The van der Waals surface area contributed by atoms with Gasteiger partial charge in [0.1, 0.15) is 0 Å². The molecule has 0 N–H and O–H groups in total. The van der Waals surface area contributed by atoms with Crippen molar-refractivity contribution in [2.45, 2.75) is 44.1 Å². The molecule has 4 heteroatoms. The minimum Gasteiger partial charge on any atom is -0.211 e. The summed E-state index contributed by atoms with van der Waals surface area (Å²) >= 11 is 0. The molecule has 0 atom stereocenters. The van der Waals surface area contributed by atoms with Gasteiger partial charge in [0.15, 0.2) is 0 Å². The Morgan fingerprint density at radius 3 is 2.56 bits per heavy atom. The molecule has 0 radical (unpaired) electrons. The summed E-state index contributed by atoms with van der Waals surface area (Å²) in [6, 6.07) is 6.23. The molecule has 1 aromatic rings. The minimum absolute atomic E-state index is 0.0348. The lowest BCUT2D eigenvalue weighted by molar-refractivity contribution is 0.0173. The van der Waals surface area contributed by atoms with Crippen LogP contribution in [-0.2, 0) is 16.3 Å². The Bertz CT molecular complexity index is 481. The zero-order valence-corrected chi connectivity index (χ0v) is 10.2. The molecule has 0 aromatic heterocycles. The van der Waals surface area contributed by atoms with Crippen LogP contribution in [0.5, 0.6) is 0 Å². The standard InChI is InChI=1S/C14H15F2NO/c1-13(15,16)11-5-4-6-12(9-11)14(17-10-18)7-2-3-8-14/h4-6,9H,2-3,7-8H2,1H3. The number of halogens is 2. The van der Waals surface area contributed by atoms with Crippen molar-refractivity contribution in [2.75, 3.05) is 0 Å². The Labute approximate surface area is 105 Å². The van der Waals surface area contributed by atoms with Crippen LogP contribution < -0.4 is 0 Å². The monoisotopic (exact) mass is 251 g/mol. The minimum atomic E-state index is -2.87. The van der Waals surface area contributed by atoms with Gasteiger partial charge in [-0.25, -0.2) is 13.6 Å². The van der Waals surface area contributed by atoms with E-state index in [0.717, 1.165) is 32.6 Å². The molecule has 2 nitrogen and oxygen atoms in total. The van der Waals surface area contributed by atoms with E-state index in [4.69, 9.17) is 0 Å². The molecule has 1 aliphatic rings. The second kappa shape index (κ2) is 4.62. The first-order valence-electron chi connectivity index (χ1n) is 6.06. The first-order valence-corrected chi connectivity index (χ1v) is 6.06. The van der Waals surface area contributed by atoms with Crippen LogP contribution in [0.2, 0.25) is 0 Å². The van der Waals surface area contributed by atoms with E-state index in [1.165, 1.54) is 12.1 Å². The first-order chi connectivity index (χ1) is 8.48. The molecule has 0 saturated heterocycles. The number of nitrogens with zero attached hydrogens (tertiary/aromatic N) is 1. The number of hydrogen-bond donors (Lipinski definition) is 0. The first kappa shape index (κ1) is 12.9. The van der Waals surface area contributed by atoms with Crippen LogP contribution in [0.1, 0.15) is 43.7 Å². The zero-order chi connectivity index (χ0) is 13.2. The molecule has 2 rings (SSSR count). The maximum absolute atomic E-state index is 13.3. The van der Waals surface area contributed by atoms with Crippen molar-refractivity contribution in [1.82, 2.24) is 0 Å². The van der Waals surface area contributed by atoms with E-state index in [1.54, 1.807) is 18.2 Å². The van der Waals surface area contributed by atoms with Crippen LogP contribution in [0.15, 0.2) is 29.3 Å². The summed E-state index contributed by atoms with van der Waals surface area (Å²) < 4.78 is 26.6. The van der Waals surface area contributed by atoms with Crippen molar-refractivity contribution in [3.63, 3.8) is 0 Å². The quantitative estimate of drug-likeness (QED) is 0.591. The molecular weight excluding hydrogens is 236 g/mol. The highest BCUT2D eigenvalue weighted by Crippen LogP contribution is 2.43. The fourth-order valence-electron chi connectivity index (χ4n) is 2.59. The Morgan fingerprint density at radius 1 is 1.33 bits per heavy atom. The number of benzene rings is 1. The molecule has 96 valence electrons. The maximum atomic E-state index is 13.3. The van der Waals surface area contributed by atoms with Gasteiger partial charge in [-0.05, 0) is 24.5 Å². The van der Waals surface area contributed by atoms with Crippen molar-refractivity contribution in [1.29, 1.82) is 0 Å². The van der Waals surface area contributed by atoms with E-state index >= 15 is 0 Å². The van der Waals surface area contributed by atoms with Gasteiger partial charge in [-0.1, -0.05) is 31.0 Å². The van der Waals surface area contributed by atoms with Crippen molar-refractivity contribution in [3.8, 4) is 0 Å². The largest absolute Gasteiger partial charge is 0.270 e. The molecule has 0 unspecified atom stereocenters. The van der Waals surface area contributed by atoms with Gasteiger partial charge in [-0.2, -0.15) is 4.99 Å². The summed E-state index contributed by atoms with van der Waals surface area (Å²) in [5.41, 5.74) is 0.0259. The summed E-state index contributed by atoms with van der Waals surface area (Å²) in [7, 11) is 0. The molecule has 1 saturated carbocycles. The number of carbonyl (C=O) groups excluding carboxylic acids is 1. The topological polar surface area (TPSA) is 29.4 Å². The summed E-state index contributed by atoms with van der Waals surface area (Å²) in [6.07, 6.45) is 4.95. The summed E-state index contributed by atoms with van der Waals surface area (Å²) in [5, 5.41) is 0. The summed E-state index contributed by atoms with van der Waals surface area (Å²) in [5.74, 6) is -2.87. The van der Waals surface area contributed by atoms with Gasteiger partial charge in [0.2, 0.25) is 6.08 Å². The predicted molar refractivity (Wildman–Crippen MR) is 64.3 cm³/mol. The Morgan fingerprint density at radius 2 is 2.00 bits per heavy atom. The van der Waals surface area contributed by atoms with Crippen molar-refractivity contribution in [2.24, 2.45) is 4.99 Å². The van der Waals surface area contributed by atoms with Gasteiger partial charge >= 0.3 is 0 Å². The second-order valence-electron chi connectivity index (χ2n) is 4.91. The van der Waals surface area contributed by atoms with Gasteiger partial charge in [-0.3, -0.25) is 0 Å². The molecule has 18 heavy (non-hydrogen) atoms. The lowest BCUT2D eigenvalue weighted by atomic mass is 9.87. The van der Waals surface area contributed by atoms with Crippen LogP contribution in [0.25, 0.3) is 0 Å². The number of aliphatic imine (C=N–C) groups is 1. The van der Waals surface area contributed by atoms with Crippen LogP contribution in [0, 0.1) is 0 Å². The predicted octanol–water partition coefficient (Wildman–Crippen LogP) is 3.90. The average Bonchev–Trinajstić information content (AvgIpc) is 2.79. The average molecular weight is 251 g/mol. The molecule has 1 aliphatic carbocycles. The van der Waals surface area contributed by atoms with Gasteiger partial charge in [0.25, 0.3) is 5.92 Å². The highest BCUT2D eigenvalue weighted by molar-refractivity contribution is 5.40. The molecule has 0 spiro atoms. The van der Waals surface area contributed by atoms with E-state index in [1.807, 2.05) is 0 Å². The number of hydrogen-bond acceptors (Lipinski definition) is 2. The highest BCUT2D eigenvalue weighted by atomic mass is 19.3. The van der Waals surface area contributed by atoms with Gasteiger partial charge in [0, 0.05) is 12.5 Å². The fraction of sp³-hybridized carbons (Fsp3) is 0.500. The van der Waals surface area contributed by atoms with Crippen LogP contribution in [0.4, 0.5) is 8.78 Å². The third kappa shape index (κ3) is 2.34. The SMILES string of the molecule is CC(F)(F)c1cccc(C2(N=C=O)CCCC2)c1. The van der Waals surface area contributed by atoms with E-state index in [9.17, 15) is 13.6 Å².